The third-order valence-electron chi connectivity index (χ3n) is 2.38. The van der Waals surface area contributed by atoms with Gasteiger partial charge in [0.1, 0.15) is 11.6 Å². The van der Waals surface area contributed by atoms with E-state index in [0.717, 1.165) is 18.2 Å². The van der Waals surface area contributed by atoms with Crippen molar-refractivity contribution >= 4 is 5.91 Å². The van der Waals surface area contributed by atoms with Crippen LogP contribution in [-0.2, 0) is 4.74 Å². The normalized spacial score (nSPS) is 10.4. The maximum atomic E-state index is 13.4. The van der Waals surface area contributed by atoms with E-state index in [2.05, 4.69) is 0 Å². The smallest absolute Gasteiger partial charge is 0.257 e. The summed E-state index contributed by atoms with van der Waals surface area (Å²) in [4.78, 5) is 13.2. The van der Waals surface area contributed by atoms with Crippen molar-refractivity contribution in [3.05, 3.63) is 35.4 Å². The number of aliphatic hydroxyl groups is 1. The molecule has 0 spiro atoms. The van der Waals surface area contributed by atoms with Crippen molar-refractivity contribution in [3.63, 3.8) is 0 Å². The van der Waals surface area contributed by atoms with Gasteiger partial charge < -0.3 is 14.7 Å². The maximum Gasteiger partial charge on any atom is 0.257 e. The minimum Gasteiger partial charge on any atom is -0.395 e. The Morgan fingerprint density at radius 3 is 2.72 bits per heavy atom. The van der Waals surface area contributed by atoms with Crippen molar-refractivity contribution in [2.24, 2.45) is 0 Å². The van der Waals surface area contributed by atoms with Crippen LogP contribution in [-0.4, -0.2) is 49.3 Å². The lowest BCUT2D eigenvalue weighted by Gasteiger charge is -2.21. The van der Waals surface area contributed by atoms with Crippen LogP contribution in [0.15, 0.2) is 18.2 Å². The molecule has 1 aromatic rings. The van der Waals surface area contributed by atoms with Gasteiger partial charge in [0.2, 0.25) is 0 Å². The molecule has 0 saturated heterocycles. The van der Waals surface area contributed by atoms with Gasteiger partial charge in [-0.1, -0.05) is 0 Å². The van der Waals surface area contributed by atoms with E-state index in [4.69, 9.17) is 9.84 Å². The van der Waals surface area contributed by atoms with Gasteiger partial charge in [-0.2, -0.15) is 0 Å². The fraction of sp³-hybridized carbons (Fsp3) is 0.417. The molecule has 0 unspecified atom stereocenters. The van der Waals surface area contributed by atoms with E-state index in [1.807, 2.05) is 0 Å². The molecule has 1 N–H and O–H groups in total. The van der Waals surface area contributed by atoms with E-state index in [1.54, 1.807) is 0 Å². The van der Waals surface area contributed by atoms with Crippen molar-refractivity contribution in [3.8, 4) is 0 Å². The minimum atomic E-state index is -0.790. The lowest BCUT2D eigenvalue weighted by Crippen LogP contribution is -2.36. The van der Waals surface area contributed by atoms with E-state index in [-0.39, 0.29) is 31.9 Å². The van der Waals surface area contributed by atoms with Crippen molar-refractivity contribution in [1.29, 1.82) is 0 Å². The average Bonchev–Trinajstić information content (AvgIpc) is 2.36. The number of amides is 1. The third-order valence-corrected chi connectivity index (χ3v) is 2.38. The topological polar surface area (TPSA) is 49.8 Å². The Labute approximate surface area is 104 Å². The van der Waals surface area contributed by atoms with Crippen LogP contribution in [0.2, 0.25) is 0 Å². The highest BCUT2D eigenvalue weighted by Gasteiger charge is 2.19. The van der Waals surface area contributed by atoms with E-state index in [9.17, 15) is 13.6 Å². The molecule has 0 atom stereocenters. The number of benzene rings is 1. The summed E-state index contributed by atoms with van der Waals surface area (Å²) in [7, 11) is 1.46. The van der Waals surface area contributed by atoms with Crippen LogP contribution >= 0.6 is 0 Å². The number of rotatable bonds is 6. The number of halogens is 2. The molecule has 1 aromatic carbocycles. The quantitative estimate of drug-likeness (QED) is 0.830. The van der Waals surface area contributed by atoms with E-state index in [0.29, 0.717) is 0 Å². The number of aliphatic hydroxyl groups excluding tert-OH is 1. The molecule has 0 saturated carbocycles. The summed E-state index contributed by atoms with van der Waals surface area (Å²) in [5, 5.41) is 8.85. The Bertz CT molecular complexity index is 412. The van der Waals surface area contributed by atoms with Crippen LogP contribution in [0, 0.1) is 11.6 Å². The maximum absolute atomic E-state index is 13.4. The molecule has 0 aromatic heterocycles. The number of methoxy groups -OCH3 is 1. The van der Waals surface area contributed by atoms with Crippen molar-refractivity contribution < 1.29 is 23.4 Å². The van der Waals surface area contributed by atoms with Crippen LogP contribution in [0.1, 0.15) is 10.4 Å². The van der Waals surface area contributed by atoms with Crippen molar-refractivity contribution in [1.82, 2.24) is 4.90 Å². The SMILES string of the molecule is COCCN(CCO)C(=O)c1cc(F)ccc1F. The fourth-order valence-corrected chi connectivity index (χ4v) is 1.47. The zero-order chi connectivity index (χ0) is 13.5. The molecule has 1 amide bonds. The molecule has 1 rings (SSSR count). The molecular formula is C12H15F2NO3. The summed E-state index contributed by atoms with van der Waals surface area (Å²) < 4.78 is 31.2. The van der Waals surface area contributed by atoms with E-state index >= 15 is 0 Å². The van der Waals surface area contributed by atoms with Crippen LogP contribution in [0.25, 0.3) is 0 Å². The molecule has 0 aliphatic heterocycles. The first-order chi connectivity index (χ1) is 8.60. The second-order valence-electron chi connectivity index (χ2n) is 3.63. The summed E-state index contributed by atoms with van der Waals surface area (Å²) in [6.07, 6.45) is 0. The van der Waals surface area contributed by atoms with Gasteiger partial charge in [-0.25, -0.2) is 8.78 Å². The van der Waals surface area contributed by atoms with Crippen LogP contribution in [0.5, 0.6) is 0 Å². The van der Waals surface area contributed by atoms with Gasteiger partial charge in [-0.3, -0.25) is 4.79 Å². The summed E-state index contributed by atoms with van der Waals surface area (Å²) in [5.74, 6) is -2.14. The Balaban J connectivity index is 2.90. The molecule has 0 bridgehead atoms. The van der Waals surface area contributed by atoms with E-state index in [1.165, 1.54) is 12.0 Å². The number of ether oxygens (including phenoxy) is 1. The predicted molar refractivity (Wildman–Crippen MR) is 61.2 cm³/mol. The Morgan fingerprint density at radius 2 is 2.11 bits per heavy atom. The van der Waals surface area contributed by atoms with Gasteiger partial charge in [-0.05, 0) is 18.2 Å². The lowest BCUT2D eigenvalue weighted by molar-refractivity contribution is 0.0651. The summed E-state index contributed by atoms with van der Waals surface area (Å²) >= 11 is 0. The van der Waals surface area contributed by atoms with Gasteiger partial charge in [0.25, 0.3) is 5.91 Å². The summed E-state index contributed by atoms with van der Waals surface area (Å²) in [6.45, 7) is 0.235. The number of carbonyl (C=O) groups excluding carboxylic acids is 1. The highest BCUT2D eigenvalue weighted by atomic mass is 19.1. The summed E-state index contributed by atoms with van der Waals surface area (Å²) in [6, 6.07) is 2.68. The molecule has 0 heterocycles. The number of carbonyl (C=O) groups is 1. The Hall–Kier alpha value is -1.53. The number of hydrogen-bond acceptors (Lipinski definition) is 3. The lowest BCUT2D eigenvalue weighted by atomic mass is 10.1. The minimum absolute atomic E-state index is 0.0398. The molecule has 100 valence electrons. The zero-order valence-electron chi connectivity index (χ0n) is 10.0. The average molecular weight is 259 g/mol. The number of hydrogen-bond donors (Lipinski definition) is 1. The molecule has 18 heavy (non-hydrogen) atoms. The highest BCUT2D eigenvalue weighted by molar-refractivity contribution is 5.94. The molecule has 0 radical (unpaired) electrons. The molecule has 0 aliphatic carbocycles. The first-order valence-corrected chi connectivity index (χ1v) is 5.44. The Kier molecular flexibility index (Phi) is 5.67. The summed E-state index contributed by atoms with van der Waals surface area (Å²) in [5.41, 5.74) is -0.348. The van der Waals surface area contributed by atoms with Crippen LogP contribution in [0.4, 0.5) is 8.78 Å². The van der Waals surface area contributed by atoms with Gasteiger partial charge in [-0.15, -0.1) is 0 Å². The van der Waals surface area contributed by atoms with Gasteiger partial charge >= 0.3 is 0 Å². The largest absolute Gasteiger partial charge is 0.395 e. The first kappa shape index (κ1) is 14.5. The standard InChI is InChI=1S/C12H15F2NO3/c1-18-7-5-15(4-6-16)12(17)10-8-9(13)2-3-11(10)14/h2-3,8,16H,4-7H2,1H3. The molecular weight excluding hydrogens is 244 g/mol. The third kappa shape index (κ3) is 3.75. The molecule has 0 fully saturated rings. The van der Waals surface area contributed by atoms with Gasteiger partial charge in [0.05, 0.1) is 18.8 Å². The van der Waals surface area contributed by atoms with E-state index < -0.39 is 17.5 Å². The van der Waals surface area contributed by atoms with Crippen molar-refractivity contribution in [2.75, 3.05) is 33.4 Å². The second-order valence-corrected chi connectivity index (χ2v) is 3.63. The number of nitrogens with zero attached hydrogens (tertiary/aromatic N) is 1. The molecule has 4 nitrogen and oxygen atoms in total. The van der Waals surface area contributed by atoms with Crippen LogP contribution < -0.4 is 0 Å². The van der Waals surface area contributed by atoms with Gasteiger partial charge in [0.15, 0.2) is 0 Å². The van der Waals surface area contributed by atoms with Gasteiger partial charge in [0, 0.05) is 20.2 Å². The fourth-order valence-electron chi connectivity index (χ4n) is 1.47. The molecule has 0 aliphatic rings. The highest BCUT2D eigenvalue weighted by Crippen LogP contribution is 2.12. The Morgan fingerprint density at radius 1 is 1.39 bits per heavy atom. The predicted octanol–water partition coefficient (Wildman–Crippen LogP) is 1.05. The first-order valence-electron chi connectivity index (χ1n) is 5.44. The molecule has 6 heteroatoms. The van der Waals surface area contributed by atoms with Crippen LogP contribution in [0.3, 0.4) is 0 Å². The zero-order valence-corrected chi connectivity index (χ0v) is 10.0. The second kappa shape index (κ2) is 7.03. The monoisotopic (exact) mass is 259 g/mol. The van der Waals surface area contributed by atoms with Crippen molar-refractivity contribution in [2.45, 2.75) is 0 Å².